The molecule has 0 aliphatic rings. The standard InChI is InChI=1S/C34H38ClF5N2O5/c1-9-33(5,6)17-11-12-23(18(13-17)34(7,8)10-2)47-30(16(3)4)32(45)42(46)21-15-22(43)20(14-19(21)35)41-31(44)24-25(36)27(38)29(40)28(39)26(24)37/h11-16,30,43,46H,9-10H2,1-8H3,(H,41,44). The molecule has 0 aliphatic carbocycles. The van der Waals surface area contributed by atoms with Gasteiger partial charge in [0.2, 0.25) is 5.82 Å². The van der Waals surface area contributed by atoms with E-state index in [0.717, 1.165) is 36.1 Å². The van der Waals surface area contributed by atoms with Gasteiger partial charge in [0.05, 0.1) is 16.4 Å². The Bertz CT molecular complexity index is 1670. The number of halogens is 6. The van der Waals surface area contributed by atoms with Gasteiger partial charge in [0, 0.05) is 11.6 Å². The highest BCUT2D eigenvalue weighted by Gasteiger charge is 2.35. The molecular formula is C34H38ClF5N2O5. The maximum atomic E-state index is 14.1. The molecule has 0 fully saturated rings. The summed E-state index contributed by atoms with van der Waals surface area (Å²) in [4.78, 5) is 26.1. The summed E-state index contributed by atoms with van der Waals surface area (Å²) in [6.07, 6.45) is 0.399. The van der Waals surface area contributed by atoms with Crippen molar-refractivity contribution in [2.24, 2.45) is 5.92 Å². The summed E-state index contributed by atoms with van der Waals surface area (Å²) in [6.45, 7) is 15.9. The second kappa shape index (κ2) is 14.1. The van der Waals surface area contributed by atoms with Gasteiger partial charge in [-0.2, -0.15) is 5.06 Å². The average Bonchev–Trinajstić information content (AvgIpc) is 3.02. The van der Waals surface area contributed by atoms with Gasteiger partial charge in [-0.25, -0.2) is 22.0 Å². The molecule has 0 radical (unpaired) electrons. The Morgan fingerprint density at radius 2 is 1.43 bits per heavy atom. The van der Waals surface area contributed by atoms with E-state index in [1.807, 2.05) is 18.3 Å². The average molecular weight is 685 g/mol. The SMILES string of the molecule is CCC(C)(C)c1ccc(OC(C(=O)N(O)c2cc(O)c(NC(=O)c3c(F)c(F)c(F)c(F)c3F)cc2Cl)C(C)C)c(C(C)(C)CC)c1. The lowest BCUT2D eigenvalue weighted by Crippen LogP contribution is -2.43. The fourth-order valence-corrected chi connectivity index (χ4v) is 4.87. The summed E-state index contributed by atoms with van der Waals surface area (Å²) >= 11 is 6.25. The van der Waals surface area contributed by atoms with E-state index in [4.69, 9.17) is 16.3 Å². The van der Waals surface area contributed by atoms with Gasteiger partial charge < -0.3 is 15.2 Å². The second-order valence-corrected chi connectivity index (χ2v) is 13.2. The van der Waals surface area contributed by atoms with Crippen LogP contribution in [0.25, 0.3) is 0 Å². The molecule has 3 rings (SSSR count). The zero-order chi connectivity index (χ0) is 35.8. The van der Waals surface area contributed by atoms with Crippen LogP contribution in [0.3, 0.4) is 0 Å². The lowest BCUT2D eigenvalue weighted by Gasteiger charge is -2.33. The number of hydrogen-bond donors (Lipinski definition) is 3. The number of phenolic OH excluding ortho intramolecular Hbond substituents is 1. The Morgan fingerprint density at radius 3 is 1.94 bits per heavy atom. The van der Waals surface area contributed by atoms with Crippen molar-refractivity contribution in [3.8, 4) is 11.5 Å². The van der Waals surface area contributed by atoms with Crippen LogP contribution in [0.2, 0.25) is 5.02 Å². The van der Waals surface area contributed by atoms with Crippen LogP contribution in [0.1, 0.15) is 89.7 Å². The number of aromatic hydroxyl groups is 1. The number of carbonyl (C=O) groups is 2. The molecule has 0 saturated carbocycles. The van der Waals surface area contributed by atoms with Crippen LogP contribution < -0.4 is 15.1 Å². The van der Waals surface area contributed by atoms with Crippen molar-refractivity contribution in [2.75, 3.05) is 10.4 Å². The van der Waals surface area contributed by atoms with Crippen LogP contribution in [-0.2, 0) is 15.6 Å². The molecular weight excluding hydrogens is 647 g/mol. The molecule has 256 valence electrons. The quantitative estimate of drug-likeness (QED) is 0.0467. The first kappa shape index (κ1) is 37.6. The van der Waals surface area contributed by atoms with E-state index in [9.17, 15) is 41.9 Å². The van der Waals surface area contributed by atoms with E-state index in [0.29, 0.717) is 5.75 Å². The Kier molecular flexibility index (Phi) is 11.2. The van der Waals surface area contributed by atoms with Gasteiger partial charge in [-0.1, -0.05) is 79.1 Å². The molecule has 47 heavy (non-hydrogen) atoms. The first-order valence-corrected chi connectivity index (χ1v) is 15.3. The predicted molar refractivity (Wildman–Crippen MR) is 169 cm³/mol. The highest BCUT2D eigenvalue weighted by atomic mass is 35.5. The predicted octanol–water partition coefficient (Wildman–Crippen LogP) is 9.19. The van der Waals surface area contributed by atoms with Gasteiger partial charge in [0.25, 0.3) is 11.8 Å². The van der Waals surface area contributed by atoms with E-state index in [1.165, 1.54) is 0 Å². The number of hydroxylamine groups is 1. The van der Waals surface area contributed by atoms with Gasteiger partial charge in [-0.3, -0.25) is 14.8 Å². The molecule has 0 heterocycles. The van der Waals surface area contributed by atoms with Gasteiger partial charge in [0.15, 0.2) is 29.4 Å². The van der Waals surface area contributed by atoms with E-state index in [-0.39, 0.29) is 15.9 Å². The van der Waals surface area contributed by atoms with Crippen LogP contribution in [0.15, 0.2) is 30.3 Å². The van der Waals surface area contributed by atoms with Gasteiger partial charge in [-0.15, -0.1) is 0 Å². The highest BCUT2D eigenvalue weighted by molar-refractivity contribution is 6.34. The Labute approximate surface area is 275 Å². The number of hydrogen-bond acceptors (Lipinski definition) is 5. The van der Waals surface area contributed by atoms with E-state index >= 15 is 0 Å². The van der Waals surface area contributed by atoms with Gasteiger partial charge >= 0.3 is 0 Å². The minimum Gasteiger partial charge on any atom is -0.506 e. The van der Waals surface area contributed by atoms with Crippen molar-refractivity contribution < 1.29 is 46.6 Å². The second-order valence-electron chi connectivity index (χ2n) is 12.8. The maximum absolute atomic E-state index is 14.1. The number of benzene rings is 3. The molecule has 0 bridgehead atoms. The molecule has 13 heteroatoms. The van der Waals surface area contributed by atoms with Crippen molar-refractivity contribution in [2.45, 2.75) is 85.2 Å². The van der Waals surface area contributed by atoms with Gasteiger partial charge in [0.1, 0.15) is 17.1 Å². The third-order valence-electron chi connectivity index (χ3n) is 8.55. The van der Waals surface area contributed by atoms with Crippen LogP contribution >= 0.6 is 11.6 Å². The normalized spacial score (nSPS) is 12.7. The smallest absolute Gasteiger partial charge is 0.292 e. The molecule has 1 unspecified atom stereocenters. The van der Waals surface area contributed by atoms with Crippen molar-refractivity contribution in [1.29, 1.82) is 0 Å². The minimum atomic E-state index is -2.45. The molecule has 0 aromatic heterocycles. The summed E-state index contributed by atoms with van der Waals surface area (Å²) in [5.41, 5.74) is -1.37. The number of nitrogens with zero attached hydrogens (tertiary/aromatic N) is 1. The number of anilines is 2. The molecule has 0 aliphatic heterocycles. The zero-order valence-corrected chi connectivity index (χ0v) is 28.0. The first-order valence-electron chi connectivity index (χ1n) is 14.9. The van der Waals surface area contributed by atoms with Gasteiger partial charge in [-0.05, 0) is 47.3 Å². The summed E-state index contributed by atoms with van der Waals surface area (Å²) in [5.74, 6) is -15.6. The summed E-state index contributed by atoms with van der Waals surface area (Å²) in [6, 6.07) is 7.37. The van der Waals surface area contributed by atoms with Crippen molar-refractivity contribution in [3.63, 3.8) is 0 Å². The molecule has 1 atom stereocenters. The van der Waals surface area contributed by atoms with E-state index in [2.05, 4.69) is 40.7 Å². The molecule has 0 spiro atoms. The molecule has 7 nitrogen and oxygen atoms in total. The fraction of sp³-hybridized carbons (Fsp3) is 0.412. The van der Waals surface area contributed by atoms with Crippen molar-refractivity contribution >= 4 is 34.8 Å². The van der Waals surface area contributed by atoms with Crippen LogP contribution in [0.5, 0.6) is 11.5 Å². The summed E-state index contributed by atoms with van der Waals surface area (Å²) in [5, 5.41) is 23.0. The van der Waals surface area contributed by atoms with Crippen LogP contribution in [0.4, 0.5) is 33.3 Å². The minimum absolute atomic E-state index is 0.121. The number of rotatable bonds is 11. The number of amides is 2. The number of nitrogens with one attached hydrogen (secondary N) is 1. The zero-order valence-electron chi connectivity index (χ0n) is 27.3. The third-order valence-corrected chi connectivity index (χ3v) is 8.85. The fourth-order valence-electron chi connectivity index (χ4n) is 4.63. The molecule has 0 saturated heterocycles. The third kappa shape index (κ3) is 7.49. The number of phenols is 1. The van der Waals surface area contributed by atoms with Crippen molar-refractivity contribution in [1.82, 2.24) is 0 Å². The topological polar surface area (TPSA) is 99.1 Å². The molecule has 3 aromatic rings. The van der Waals surface area contributed by atoms with Crippen LogP contribution in [-0.4, -0.2) is 28.2 Å². The largest absolute Gasteiger partial charge is 0.506 e. The molecule has 3 aromatic carbocycles. The lowest BCUT2D eigenvalue weighted by molar-refractivity contribution is -0.132. The Morgan fingerprint density at radius 1 is 0.894 bits per heavy atom. The van der Waals surface area contributed by atoms with Crippen molar-refractivity contribution in [3.05, 3.63) is 81.1 Å². The van der Waals surface area contributed by atoms with Crippen LogP contribution in [0, 0.1) is 35.0 Å². The summed E-state index contributed by atoms with van der Waals surface area (Å²) in [7, 11) is 0. The first-order chi connectivity index (χ1) is 21.7. The summed E-state index contributed by atoms with van der Waals surface area (Å²) < 4.78 is 75.2. The number of carbonyl (C=O) groups excluding carboxylic acids is 2. The monoisotopic (exact) mass is 684 g/mol. The highest BCUT2D eigenvalue weighted by Crippen LogP contribution is 2.40. The van der Waals surface area contributed by atoms with E-state index < -0.39 is 80.6 Å². The Hall–Kier alpha value is -3.90. The van der Waals surface area contributed by atoms with E-state index in [1.54, 1.807) is 19.9 Å². The lowest BCUT2D eigenvalue weighted by atomic mass is 9.76. The number of ether oxygens (including phenoxy) is 1. The molecule has 3 N–H and O–H groups in total. The molecule has 2 amide bonds. The Balaban J connectivity index is 1.96. The maximum Gasteiger partial charge on any atom is 0.292 e.